The minimum Gasteiger partial charge on any atom is -0.505 e. The molecule has 0 saturated heterocycles. The van der Waals surface area contributed by atoms with E-state index in [2.05, 4.69) is 26.0 Å². The van der Waals surface area contributed by atoms with E-state index in [0.29, 0.717) is 0 Å². The van der Waals surface area contributed by atoms with Gasteiger partial charge in [0.2, 0.25) is 0 Å². The molecule has 0 aliphatic rings. The lowest BCUT2D eigenvalue weighted by Crippen LogP contribution is -2.07. The van der Waals surface area contributed by atoms with Crippen LogP contribution in [0.3, 0.4) is 0 Å². The van der Waals surface area contributed by atoms with Crippen molar-refractivity contribution in [3.8, 4) is 17.9 Å². The number of nitrogens with one attached hydrogen (secondary N) is 1. The number of phenolic OH excluding ortho intramolecular Hbond substituents is 1. The summed E-state index contributed by atoms with van der Waals surface area (Å²) >= 11 is 2.89. The van der Waals surface area contributed by atoms with Crippen LogP contribution in [-0.2, 0) is 4.74 Å². The molecule has 8 heteroatoms. The second kappa shape index (κ2) is 6.55. The minimum atomic E-state index is -1.06. The second-order valence-corrected chi connectivity index (χ2v) is 4.22. The third kappa shape index (κ3) is 3.05. The van der Waals surface area contributed by atoms with Crippen molar-refractivity contribution in [3.63, 3.8) is 0 Å². The number of nitrogens with zero attached hydrogens (tertiary/aromatic N) is 2. The Morgan fingerprint density at radius 1 is 1.55 bits per heavy atom. The summed E-state index contributed by atoms with van der Waals surface area (Å²) in [7, 11) is 1.04. The van der Waals surface area contributed by atoms with Crippen molar-refractivity contribution in [1.29, 1.82) is 10.5 Å². The number of methoxy groups -OCH3 is 1. The fourth-order valence-corrected chi connectivity index (χ4v) is 1.68. The Morgan fingerprint density at radius 2 is 2.15 bits per heavy atom. The molecule has 0 fully saturated rings. The molecule has 0 bridgehead atoms. The summed E-state index contributed by atoms with van der Waals surface area (Å²) < 4.78 is 18.0. The smallest absolute Gasteiger partial charge is 0.344 e. The lowest BCUT2D eigenvalue weighted by atomic mass is 10.1. The number of carbonyl (C=O) groups excluding carboxylic acids is 1. The Morgan fingerprint density at radius 3 is 2.65 bits per heavy atom. The maximum absolute atomic E-state index is 13.8. The number of rotatable bonds is 3. The fourth-order valence-electron chi connectivity index (χ4n) is 1.25. The van der Waals surface area contributed by atoms with Crippen molar-refractivity contribution in [2.45, 2.75) is 0 Å². The molecule has 1 rings (SSSR count). The normalized spacial score (nSPS) is 9.05. The molecule has 2 N–H and O–H groups in total. The van der Waals surface area contributed by atoms with Crippen molar-refractivity contribution >= 4 is 27.6 Å². The quantitative estimate of drug-likeness (QED) is 0.497. The van der Waals surface area contributed by atoms with E-state index in [9.17, 15) is 14.3 Å². The third-order valence-corrected chi connectivity index (χ3v) is 2.77. The van der Waals surface area contributed by atoms with Crippen molar-refractivity contribution in [1.82, 2.24) is 0 Å². The van der Waals surface area contributed by atoms with Gasteiger partial charge in [0.25, 0.3) is 0 Å². The molecule has 0 radical (unpaired) electrons. The zero-order chi connectivity index (χ0) is 15.3. The number of anilines is 1. The van der Waals surface area contributed by atoms with E-state index in [0.717, 1.165) is 19.4 Å². The van der Waals surface area contributed by atoms with Crippen LogP contribution in [0.5, 0.6) is 5.75 Å². The molecule has 0 atom stereocenters. The summed E-state index contributed by atoms with van der Waals surface area (Å²) in [6, 6.07) is 4.34. The lowest BCUT2D eigenvalue weighted by molar-refractivity contribution is 0.0592. The molecule has 6 nitrogen and oxygen atoms in total. The number of esters is 1. The molecular formula is C12H7BrFN3O3. The molecule has 0 unspecified atom stereocenters. The monoisotopic (exact) mass is 339 g/mol. The zero-order valence-corrected chi connectivity index (χ0v) is 11.7. The van der Waals surface area contributed by atoms with E-state index in [1.165, 1.54) is 0 Å². The van der Waals surface area contributed by atoms with Gasteiger partial charge >= 0.3 is 5.97 Å². The number of carbonyl (C=O) groups is 1. The van der Waals surface area contributed by atoms with E-state index in [1.807, 2.05) is 0 Å². The Balaban J connectivity index is 3.35. The van der Waals surface area contributed by atoms with Crippen LogP contribution in [0.4, 0.5) is 10.1 Å². The van der Waals surface area contributed by atoms with Gasteiger partial charge in [-0.1, -0.05) is 0 Å². The van der Waals surface area contributed by atoms with Crippen LogP contribution >= 0.6 is 15.9 Å². The van der Waals surface area contributed by atoms with Gasteiger partial charge in [-0.05, 0) is 22.0 Å². The fraction of sp³-hybridized carbons (Fsp3) is 0.0833. The maximum atomic E-state index is 13.8. The summed E-state index contributed by atoms with van der Waals surface area (Å²) in [6.45, 7) is 0. The first-order valence-corrected chi connectivity index (χ1v) is 5.81. The average molecular weight is 340 g/mol. The van der Waals surface area contributed by atoms with E-state index in [4.69, 9.17) is 10.5 Å². The Bertz CT molecular complexity index is 658. The molecule has 0 aliphatic heterocycles. The predicted molar refractivity (Wildman–Crippen MR) is 70.0 cm³/mol. The number of halogens is 2. The molecule has 0 amide bonds. The van der Waals surface area contributed by atoms with E-state index in [1.54, 1.807) is 12.1 Å². The van der Waals surface area contributed by atoms with Gasteiger partial charge in [-0.2, -0.15) is 10.5 Å². The van der Waals surface area contributed by atoms with Crippen molar-refractivity contribution in [2.75, 3.05) is 12.4 Å². The number of nitriles is 2. The summed E-state index contributed by atoms with van der Waals surface area (Å²) in [5, 5.41) is 29.4. The summed E-state index contributed by atoms with van der Waals surface area (Å²) in [4.78, 5) is 11.4. The number of benzene rings is 1. The van der Waals surface area contributed by atoms with Crippen molar-refractivity contribution in [2.24, 2.45) is 0 Å². The highest BCUT2D eigenvalue weighted by atomic mass is 79.9. The summed E-state index contributed by atoms with van der Waals surface area (Å²) in [6.07, 6.45) is 1.01. The Hall–Kier alpha value is -2.58. The van der Waals surface area contributed by atoms with Crippen LogP contribution in [0.1, 0.15) is 10.4 Å². The van der Waals surface area contributed by atoms with E-state index >= 15 is 0 Å². The topological polar surface area (TPSA) is 106 Å². The first-order chi connectivity index (χ1) is 9.46. The summed E-state index contributed by atoms with van der Waals surface area (Å²) in [5.74, 6) is -2.73. The molecule has 0 aliphatic carbocycles. The SMILES string of the molecule is COC(=O)c1c(O)c(NC=C(C#N)C#N)cc(Br)c1F. The highest BCUT2D eigenvalue weighted by Crippen LogP contribution is 2.35. The highest BCUT2D eigenvalue weighted by molar-refractivity contribution is 9.10. The molecule has 0 saturated carbocycles. The average Bonchev–Trinajstić information content (AvgIpc) is 2.45. The van der Waals surface area contributed by atoms with Crippen LogP contribution < -0.4 is 5.32 Å². The van der Waals surface area contributed by atoms with Gasteiger partial charge in [-0.3, -0.25) is 0 Å². The van der Waals surface area contributed by atoms with E-state index < -0.39 is 23.1 Å². The van der Waals surface area contributed by atoms with Crippen molar-refractivity contribution in [3.05, 3.63) is 33.7 Å². The van der Waals surface area contributed by atoms with Crippen LogP contribution in [0, 0.1) is 28.5 Å². The number of ether oxygens (including phenoxy) is 1. The molecule has 1 aromatic carbocycles. The molecule has 0 heterocycles. The number of hydrogen-bond donors (Lipinski definition) is 2. The van der Waals surface area contributed by atoms with Crippen LogP contribution in [0.25, 0.3) is 0 Å². The minimum absolute atomic E-state index is 0.0679. The molecular weight excluding hydrogens is 333 g/mol. The predicted octanol–water partition coefficient (Wildman–Crippen LogP) is 2.42. The first-order valence-electron chi connectivity index (χ1n) is 5.02. The van der Waals surface area contributed by atoms with Gasteiger partial charge < -0.3 is 15.2 Å². The zero-order valence-electron chi connectivity index (χ0n) is 10.1. The highest BCUT2D eigenvalue weighted by Gasteiger charge is 2.23. The largest absolute Gasteiger partial charge is 0.505 e. The van der Waals surface area contributed by atoms with Gasteiger partial charge in [-0.25, -0.2) is 9.18 Å². The molecule has 102 valence electrons. The van der Waals surface area contributed by atoms with Crippen LogP contribution in [0.2, 0.25) is 0 Å². The Labute approximate surface area is 121 Å². The molecule has 0 aromatic heterocycles. The van der Waals surface area contributed by atoms with Crippen molar-refractivity contribution < 1.29 is 19.0 Å². The van der Waals surface area contributed by atoms with Crippen LogP contribution in [-0.4, -0.2) is 18.2 Å². The summed E-state index contributed by atoms with van der Waals surface area (Å²) in [5.41, 5.74) is -0.987. The van der Waals surface area contributed by atoms with Gasteiger partial charge in [0, 0.05) is 6.20 Å². The lowest BCUT2D eigenvalue weighted by Gasteiger charge is -2.11. The number of aromatic hydroxyl groups is 1. The first kappa shape index (κ1) is 15.5. The number of allylic oxidation sites excluding steroid dienone is 1. The number of hydrogen-bond acceptors (Lipinski definition) is 6. The standard InChI is InChI=1S/C12H7BrFN3O3/c1-20-12(19)9-10(14)7(13)2-8(11(9)18)17-5-6(3-15)4-16/h2,5,17-18H,1H3. The molecule has 20 heavy (non-hydrogen) atoms. The van der Waals surface area contributed by atoms with Crippen LogP contribution in [0.15, 0.2) is 22.3 Å². The van der Waals surface area contributed by atoms with Gasteiger partial charge in [-0.15, -0.1) is 0 Å². The second-order valence-electron chi connectivity index (χ2n) is 3.36. The van der Waals surface area contributed by atoms with Gasteiger partial charge in [0.05, 0.1) is 17.3 Å². The Kier molecular flexibility index (Phi) is 5.07. The van der Waals surface area contributed by atoms with E-state index in [-0.39, 0.29) is 15.7 Å². The maximum Gasteiger partial charge on any atom is 0.344 e. The molecule has 1 aromatic rings. The van der Waals surface area contributed by atoms with Gasteiger partial charge in [0.1, 0.15) is 23.3 Å². The third-order valence-electron chi connectivity index (χ3n) is 2.19. The van der Waals surface area contributed by atoms with Gasteiger partial charge in [0.15, 0.2) is 11.6 Å². The number of phenols is 1. The molecule has 0 spiro atoms.